The standard InChI is InChI=1S/C12H12F4O3/c13-9-3-1-2-8(6-9)10(11(17)18)4-5-19-7-12(14,15)16/h1-3,6,10H,4-5,7H2,(H,17,18). The van der Waals surface area contributed by atoms with E-state index in [4.69, 9.17) is 5.11 Å². The molecule has 7 heteroatoms. The van der Waals surface area contributed by atoms with E-state index in [0.29, 0.717) is 0 Å². The maximum absolute atomic E-state index is 13.0. The summed E-state index contributed by atoms with van der Waals surface area (Å²) in [5, 5.41) is 8.98. The predicted octanol–water partition coefficient (Wildman–Crippen LogP) is 2.96. The zero-order chi connectivity index (χ0) is 14.5. The van der Waals surface area contributed by atoms with Crippen molar-refractivity contribution in [1.82, 2.24) is 0 Å². The van der Waals surface area contributed by atoms with Gasteiger partial charge in [0.2, 0.25) is 0 Å². The zero-order valence-corrected chi connectivity index (χ0v) is 9.78. The lowest BCUT2D eigenvalue weighted by atomic mass is 9.96. The van der Waals surface area contributed by atoms with Gasteiger partial charge in [0.25, 0.3) is 0 Å². The maximum Gasteiger partial charge on any atom is 0.411 e. The van der Waals surface area contributed by atoms with Crippen LogP contribution in [-0.2, 0) is 9.53 Å². The molecule has 0 spiro atoms. The van der Waals surface area contributed by atoms with Gasteiger partial charge in [-0.15, -0.1) is 0 Å². The Morgan fingerprint density at radius 2 is 2.05 bits per heavy atom. The topological polar surface area (TPSA) is 46.5 Å². The van der Waals surface area contributed by atoms with Crippen molar-refractivity contribution in [2.24, 2.45) is 0 Å². The van der Waals surface area contributed by atoms with Crippen LogP contribution in [0, 0.1) is 5.82 Å². The van der Waals surface area contributed by atoms with Crippen molar-refractivity contribution in [3.8, 4) is 0 Å². The first kappa shape index (κ1) is 15.4. The van der Waals surface area contributed by atoms with Crippen LogP contribution in [0.1, 0.15) is 17.9 Å². The molecule has 0 bridgehead atoms. The Bertz CT molecular complexity index is 431. The van der Waals surface area contributed by atoms with E-state index in [-0.39, 0.29) is 18.6 Å². The molecule has 1 N–H and O–H groups in total. The van der Waals surface area contributed by atoms with Crippen molar-refractivity contribution in [3.05, 3.63) is 35.6 Å². The average Bonchev–Trinajstić information content (AvgIpc) is 2.26. The van der Waals surface area contributed by atoms with Crippen molar-refractivity contribution < 1.29 is 32.2 Å². The van der Waals surface area contributed by atoms with Crippen molar-refractivity contribution in [1.29, 1.82) is 0 Å². The average molecular weight is 280 g/mol. The summed E-state index contributed by atoms with van der Waals surface area (Å²) in [7, 11) is 0. The third kappa shape index (κ3) is 5.69. The molecule has 0 amide bonds. The molecule has 1 atom stereocenters. The number of carbonyl (C=O) groups is 1. The van der Waals surface area contributed by atoms with Crippen LogP contribution in [0.5, 0.6) is 0 Å². The lowest BCUT2D eigenvalue weighted by Crippen LogP contribution is -2.20. The molecule has 106 valence electrons. The normalized spacial score (nSPS) is 13.3. The fraction of sp³-hybridized carbons (Fsp3) is 0.417. The number of hydrogen-bond donors (Lipinski definition) is 1. The number of aliphatic carboxylic acids is 1. The molecule has 19 heavy (non-hydrogen) atoms. The van der Waals surface area contributed by atoms with Crippen LogP contribution in [-0.4, -0.2) is 30.5 Å². The Balaban J connectivity index is 2.57. The number of carboxylic acid groups (broad SMARTS) is 1. The first-order chi connectivity index (χ1) is 8.79. The first-order valence-corrected chi connectivity index (χ1v) is 5.42. The smallest absolute Gasteiger partial charge is 0.411 e. The Kier molecular flexibility index (Phi) is 5.29. The molecule has 0 radical (unpaired) electrons. The summed E-state index contributed by atoms with van der Waals surface area (Å²) in [6.07, 6.45) is -4.60. The summed E-state index contributed by atoms with van der Waals surface area (Å²) in [5.41, 5.74) is 0.197. The third-order valence-corrected chi connectivity index (χ3v) is 2.37. The van der Waals surface area contributed by atoms with Crippen molar-refractivity contribution in [2.45, 2.75) is 18.5 Å². The molecular weight excluding hydrogens is 268 g/mol. The van der Waals surface area contributed by atoms with Crippen molar-refractivity contribution in [2.75, 3.05) is 13.2 Å². The van der Waals surface area contributed by atoms with Crippen LogP contribution in [0.3, 0.4) is 0 Å². The molecule has 1 unspecified atom stereocenters. The molecule has 1 aromatic carbocycles. The minimum Gasteiger partial charge on any atom is -0.481 e. The highest BCUT2D eigenvalue weighted by molar-refractivity contribution is 5.76. The Hall–Kier alpha value is -1.63. The van der Waals surface area contributed by atoms with Crippen LogP contribution >= 0.6 is 0 Å². The summed E-state index contributed by atoms with van der Waals surface area (Å²) < 4.78 is 52.8. The van der Waals surface area contributed by atoms with E-state index >= 15 is 0 Å². The highest BCUT2D eigenvalue weighted by Gasteiger charge is 2.28. The third-order valence-electron chi connectivity index (χ3n) is 2.37. The summed E-state index contributed by atoms with van der Waals surface area (Å²) in [4.78, 5) is 11.0. The number of alkyl halides is 3. The summed E-state index contributed by atoms with van der Waals surface area (Å²) >= 11 is 0. The van der Waals surface area contributed by atoms with Gasteiger partial charge in [-0.25, -0.2) is 4.39 Å². The molecule has 1 aromatic rings. The highest BCUT2D eigenvalue weighted by atomic mass is 19.4. The number of hydrogen-bond acceptors (Lipinski definition) is 2. The van der Waals surface area contributed by atoms with E-state index in [0.717, 1.165) is 12.1 Å². The van der Waals surface area contributed by atoms with E-state index in [1.165, 1.54) is 12.1 Å². The molecule has 3 nitrogen and oxygen atoms in total. The maximum atomic E-state index is 13.0. The SMILES string of the molecule is O=C(O)C(CCOCC(F)(F)F)c1cccc(F)c1. The minimum absolute atomic E-state index is 0.158. The molecule has 0 aliphatic carbocycles. The van der Waals surface area contributed by atoms with E-state index in [1.54, 1.807) is 0 Å². The molecular formula is C12H12F4O3. The van der Waals surface area contributed by atoms with Gasteiger partial charge in [0, 0.05) is 6.61 Å². The zero-order valence-electron chi connectivity index (χ0n) is 9.78. The van der Waals surface area contributed by atoms with Crippen LogP contribution < -0.4 is 0 Å². The van der Waals surface area contributed by atoms with Gasteiger partial charge in [-0.1, -0.05) is 12.1 Å². The molecule has 0 fully saturated rings. The van der Waals surface area contributed by atoms with Crippen LogP contribution in [0.25, 0.3) is 0 Å². The number of benzene rings is 1. The van der Waals surface area contributed by atoms with Gasteiger partial charge in [-0.05, 0) is 24.1 Å². The van der Waals surface area contributed by atoms with Gasteiger partial charge in [-0.3, -0.25) is 4.79 Å². The van der Waals surface area contributed by atoms with Crippen LogP contribution in [0.2, 0.25) is 0 Å². The van der Waals surface area contributed by atoms with Gasteiger partial charge in [0.05, 0.1) is 5.92 Å². The molecule has 0 aromatic heterocycles. The van der Waals surface area contributed by atoms with Gasteiger partial charge in [0.15, 0.2) is 0 Å². The Morgan fingerprint density at radius 3 is 2.58 bits per heavy atom. The molecule has 0 saturated carbocycles. The minimum atomic E-state index is -4.45. The van der Waals surface area contributed by atoms with Crippen molar-refractivity contribution >= 4 is 5.97 Å². The summed E-state index contributed by atoms with van der Waals surface area (Å²) in [5.74, 6) is -2.93. The van der Waals surface area contributed by atoms with Gasteiger partial charge >= 0.3 is 12.1 Å². The number of carboxylic acids is 1. The number of halogens is 4. The summed E-state index contributed by atoms with van der Waals surface area (Å²) in [6.45, 7) is -1.80. The van der Waals surface area contributed by atoms with Gasteiger partial charge in [0.1, 0.15) is 12.4 Å². The second-order valence-corrected chi connectivity index (χ2v) is 3.90. The fourth-order valence-corrected chi connectivity index (χ4v) is 1.55. The molecule has 1 rings (SSSR count). The first-order valence-electron chi connectivity index (χ1n) is 5.42. The van der Waals surface area contributed by atoms with E-state index in [1.807, 2.05) is 0 Å². The second kappa shape index (κ2) is 6.51. The number of ether oxygens (including phenoxy) is 1. The molecule has 0 heterocycles. The summed E-state index contributed by atoms with van der Waals surface area (Å²) in [6, 6.07) is 4.95. The molecule has 0 aliphatic rings. The molecule has 0 aliphatic heterocycles. The van der Waals surface area contributed by atoms with Crippen LogP contribution in [0.4, 0.5) is 17.6 Å². The highest BCUT2D eigenvalue weighted by Crippen LogP contribution is 2.22. The second-order valence-electron chi connectivity index (χ2n) is 3.90. The quantitative estimate of drug-likeness (QED) is 0.643. The molecule has 0 saturated heterocycles. The largest absolute Gasteiger partial charge is 0.481 e. The lowest BCUT2D eigenvalue weighted by molar-refractivity contribution is -0.174. The monoisotopic (exact) mass is 280 g/mol. The number of rotatable bonds is 6. The van der Waals surface area contributed by atoms with Crippen molar-refractivity contribution in [3.63, 3.8) is 0 Å². The van der Waals surface area contributed by atoms with E-state index in [2.05, 4.69) is 4.74 Å². The lowest BCUT2D eigenvalue weighted by Gasteiger charge is -2.13. The van der Waals surface area contributed by atoms with E-state index < -0.39 is 30.5 Å². The Morgan fingerprint density at radius 1 is 1.37 bits per heavy atom. The van der Waals surface area contributed by atoms with E-state index in [9.17, 15) is 22.4 Å². The van der Waals surface area contributed by atoms with Crippen LogP contribution in [0.15, 0.2) is 24.3 Å². The fourth-order valence-electron chi connectivity index (χ4n) is 1.55. The van der Waals surface area contributed by atoms with Gasteiger partial charge < -0.3 is 9.84 Å². The predicted molar refractivity (Wildman–Crippen MR) is 58.3 cm³/mol. The Labute approximate surface area is 106 Å². The van der Waals surface area contributed by atoms with Gasteiger partial charge in [-0.2, -0.15) is 13.2 Å².